The summed E-state index contributed by atoms with van der Waals surface area (Å²) < 4.78 is 12.2. The van der Waals surface area contributed by atoms with Gasteiger partial charge in [0.15, 0.2) is 18.5 Å². The number of hydrogen-bond donors (Lipinski definition) is 0. The van der Waals surface area contributed by atoms with Crippen LogP contribution in [-0.2, 0) is 32.0 Å². The molecule has 3 heterocycles. The molecule has 2 aromatic carbocycles. The molecule has 4 atom stereocenters. The van der Waals surface area contributed by atoms with E-state index in [1.165, 1.54) is 0 Å². The molecule has 2 aromatic rings. The molecule has 0 aliphatic carbocycles. The minimum atomic E-state index is -0.866. The zero-order valence-electron chi connectivity index (χ0n) is 17.6. The molecule has 0 saturated carbocycles. The van der Waals surface area contributed by atoms with Gasteiger partial charge in [0.25, 0.3) is 11.8 Å². The van der Waals surface area contributed by atoms with E-state index in [1.54, 1.807) is 0 Å². The summed E-state index contributed by atoms with van der Waals surface area (Å²) in [4.78, 5) is 30.4. The summed E-state index contributed by atoms with van der Waals surface area (Å²) in [6.45, 7) is 1.93. The lowest BCUT2D eigenvalue weighted by Crippen LogP contribution is -2.57. The molecule has 3 saturated heterocycles. The predicted octanol–water partition coefficient (Wildman–Crippen LogP) is 2.76. The van der Waals surface area contributed by atoms with Gasteiger partial charge in [-0.25, -0.2) is 0 Å². The summed E-state index contributed by atoms with van der Waals surface area (Å²) in [5.41, 5.74) is 2.16. The van der Waals surface area contributed by atoms with Crippen molar-refractivity contribution in [3.63, 3.8) is 0 Å². The van der Waals surface area contributed by atoms with E-state index in [-0.39, 0.29) is 17.9 Å². The fourth-order valence-electron chi connectivity index (χ4n) is 4.83. The van der Waals surface area contributed by atoms with Gasteiger partial charge in [0, 0.05) is 19.6 Å². The van der Waals surface area contributed by atoms with Gasteiger partial charge < -0.3 is 19.3 Å². The van der Waals surface area contributed by atoms with Gasteiger partial charge in [-0.3, -0.25) is 9.59 Å². The number of morpholine rings is 1. The van der Waals surface area contributed by atoms with Gasteiger partial charge in [-0.05, 0) is 36.8 Å². The van der Waals surface area contributed by atoms with Crippen LogP contribution in [0.3, 0.4) is 0 Å². The number of rotatable bonds is 5. The van der Waals surface area contributed by atoms with E-state index < -0.39 is 18.5 Å². The van der Waals surface area contributed by atoms with Crippen LogP contribution in [-0.4, -0.2) is 59.2 Å². The molecule has 2 amide bonds. The zero-order chi connectivity index (χ0) is 21.2. The number of carbonyl (C=O) groups is 2. The molecule has 3 aliphatic rings. The van der Waals surface area contributed by atoms with Crippen LogP contribution < -0.4 is 0 Å². The van der Waals surface area contributed by atoms with E-state index in [4.69, 9.17) is 9.47 Å². The minimum Gasteiger partial charge on any atom is -0.340 e. The van der Waals surface area contributed by atoms with Crippen molar-refractivity contribution in [1.82, 2.24) is 9.80 Å². The second kappa shape index (κ2) is 8.81. The molecule has 6 heteroatoms. The van der Waals surface area contributed by atoms with Crippen LogP contribution in [0.2, 0.25) is 0 Å². The summed E-state index contributed by atoms with van der Waals surface area (Å²) in [7, 11) is 0. The van der Waals surface area contributed by atoms with Gasteiger partial charge in [0.05, 0.1) is 6.04 Å². The van der Waals surface area contributed by atoms with Crippen LogP contribution in [0.1, 0.15) is 30.4 Å². The Labute approximate surface area is 182 Å². The molecular weight excluding hydrogens is 392 g/mol. The molecule has 3 fully saturated rings. The Hall–Kier alpha value is -2.70. The summed E-state index contributed by atoms with van der Waals surface area (Å²) in [5.74, 6) is -0.269. The van der Waals surface area contributed by atoms with Crippen LogP contribution in [0, 0.1) is 0 Å². The highest BCUT2D eigenvalue weighted by molar-refractivity contribution is 5.92. The lowest BCUT2D eigenvalue weighted by atomic mass is 10.0. The van der Waals surface area contributed by atoms with E-state index >= 15 is 0 Å². The molecule has 0 N–H and O–H groups in total. The Bertz CT molecular complexity index is 914. The minimum absolute atomic E-state index is 0.111. The lowest BCUT2D eigenvalue weighted by molar-refractivity contribution is -0.177. The highest BCUT2D eigenvalue weighted by atomic mass is 16.7. The van der Waals surface area contributed by atoms with Crippen molar-refractivity contribution in [3.05, 3.63) is 71.8 Å². The number of hydrogen-bond acceptors (Lipinski definition) is 4. The van der Waals surface area contributed by atoms with Crippen LogP contribution in [0.5, 0.6) is 0 Å². The predicted molar refractivity (Wildman–Crippen MR) is 115 cm³/mol. The Kier molecular flexibility index (Phi) is 5.74. The number of piperidine rings is 1. The summed E-state index contributed by atoms with van der Waals surface area (Å²) in [6.07, 6.45) is 1.42. The lowest BCUT2D eigenvalue weighted by Gasteiger charge is -2.38. The maximum atomic E-state index is 13.5. The summed E-state index contributed by atoms with van der Waals surface area (Å²) in [5, 5.41) is 0. The highest BCUT2D eigenvalue weighted by Gasteiger charge is 2.56. The fraction of sp³-hybridized carbons (Fsp3) is 0.440. The van der Waals surface area contributed by atoms with E-state index in [0.717, 1.165) is 43.5 Å². The Morgan fingerprint density at radius 1 is 0.871 bits per heavy atom. The van der Waals surface area contributed by atoms with Gasteiger partial charge in [0.1, 0.15) is 0 Å². The molecule has 0 unspecified atom stereocenters. The maximum absolute atomic E-state index is 13.5. The Morgan fingerprint density at radius 2 is 1.52 bits per heavy atom. The van der Waals surface area contributed by atoms with Crippen LogP contribution in [0.25, 0.3) is 0 Å². The summed E-state index contributed by atoms with van der Waals surface area (Å²) >= 11 is 0. The van der Waals surface area contributed by atoms with Crippen LogP contribution >= 0.6 is 0 Å². The third kappa shape index (κ3) is 4.10. The topological polar surface area (TPSA) is 59.1 Å². The number of likely N-dealkylation sites (tertiary alicyclic amines) is 1. The molecule has 162 valence electrons. The van der Waals surface area contributed by atoms with Crippen LogP contribution in [0.15, 0.2) is 60.7 Å². The second-order valence-electron chi connectivity index (χ2n) is 8.58. The van der Waals surface area contributed by atoms with Crippen molar-refractivity contribution in [2.75, 3.05) is 13.1 Å². The van der Waals surface area contributed by atoms with Crippen molar-refractivity contribution >= 4 is 11.8 Å². The number of benzene rings is 2. The first-order valence-electron chi connectivity index (χ1n) is 11.2. The molecule has 2 bridgehead atoms. The molecule has 31 heavy (non-hydrogen) atoms. The fourth-order valence-corrected chi connectivity index (χ4v) is 4.83. The zero-order valence-corrected chi connectivity index (χ0v) is 17.6. The average molecular weight is 421 g/mol. The number of amides is 2. The number of fused-ring (bicyclic) bond motifs is 2. The summed E-state index contributed by atoms with van der Waals surface area (Å²) in [6, 6.07) is 19.7. The first-order chi connectivity index (χ1) is 15.2. The number of nitrogens with zero attached hydrogens (tertiary/aromatic N) is 2. The van der Waals surface area contributed by atoms with Gasteiger partial charge in [0.2, 0.25) is 0 Å². The first kappa shape index (κ1) is 20.2. The standard InChI is InChI=1S/C25H28N2O4/c28-23(26-14-8-3-9-15-26)21-22-24(29)27(17-19-12-6-2-7-13-19)20(25(30-21)31-22)16-18-10-4-1-5-11-18/h1-2,4-7,10-13,20-22,25H,3,8-9,14-17H2/t20-,21-,22-,25-/m1/s1. The normalized spacial score (nSPS) is 28.1. The quantitative estimate of drug-likeness (QED) is 0.746. The number of ether oxygens (including phenoxy) is 2. The monoisotopic (exact) mass is 420 g/mol. The molecule has 6 nitrogen and oxygen atoms in total. The van der Waals surface area contributed by atoms with Crippen molar-refractivity contribution in [3.8, 4) is 0 Å². The first-order valence-corrected chi connectivity index (χ1v) is 11.2. The molecule has 5 rings (SSSR count). The molecule has 3 aliphatic heterocycles. The maximum Gasteiger partial charge on any atom is 0.255 e. The second-order valence-corrected chi connectivity index (χ2v) is 8.58. The molecular formula is C25H28N2O4. The van der Waals surface area contributed by atoms with E-state index in [1.807, 2.05) is 70.5 Å². The smallest absolute Gasteiger partial charge is 0.255 e. The average Bonchev–Trinajstić information content (AvgIpc) is 3.23. The number of carbonyl (C=O) groups excluding carboxylic acids is 2. The van der Waals surface area contributed by atoms with Crippen molar-refractivity contribution < 1.29 is 19.1 Å². The van der Waals surface area contributed by atoms with Gasteiger partial charge >= 0.3 is 0 Å². The van der Waals surface area contributed by atoms with Crippen LogP contribution in [0.4, 0.5) is 0 Å². The van der Waals surface area contributed by atoms with Gasteiger partial charge in [-0.1, -0.05) is 60.7 Å². The van der Waals surface area contributed by atoms with Gasteiger partial charge in [-0.15, -0.1) is 0 Å². The van der Waals surface area contributed by atoms with E-state index in [9.17, 15) is 9.59 Å². The van der Waals surface area contributed by atoms with Crippen molar-refractivity contribution in [2.45, 2.75) is 56.8 Å². The molecule has 0 spiro atoms. The van der Waals surface area contributed by atoms with Crippen molar-refractivity contribution in [1.29, 1.82) is 0 Å². The largest absolute Gasteiger partial charge is 0.340 e. The SMILES string of the molecule is O=C([C@@H]1O[C@@H]2O[C@H]1C(=O)N(Cc1ccccc1)[C@@H]2Cc1ccccc1)N1CCCCC1. The highest BCUT2D eigenvalue weighted by Crippen LogP contribution is 2.35. The van der Waals surface area contributed by atoms with E-state index in [0.29, 0.717) is 13.0 Å². The molecule has 0 aromatic heterocycles. The Morgan fingerprint density at radius 3 is 2.19 bits per heavy atom. The Balaban J connectivity index is 1.41. The van der Waals surface area contributed by atoms with E-state index in [2.05, 4.69) is 0 Å². The van der Waals surface area contributed by atoms with Crippen molar-refractivity contribution in [2.24, 2.45) is 0 Å². The van der Waals surface area contributed by atoms with Gasteiger partial charge in [-0.2, -0.15) is 0 Å². The molecule has 0 radical (unpaired) electrons. The third-order valence-electron chi connectivity index (χ3n) is 6.47. The third-order valence-corrected chi connectivity index (χ3v) is 6.47.